The maximum atomic E-state index is 11.5. The molecule has 0 aromatic rings. The normalized spacial score (nSPS) is 16.8. The van der Waals surface area contributed by atoms with Crippen LogP contribution in [-0.2, 0) is 9.59 Å². The molecule has 5 heteroatoms. The number of ketones is 2. The Hall–Kier alpha value is -0.390. The highest BCUT2D eigenvalue weighted by Gasteiger charge is 2.40. The SMILES string of the molecule is C.C.CNC(C)(SC(C)(NC)C(C)=O)C(C)=O. The molecule has 0 fully saturated rings. The van der Waals surface area contributed by atoms with Gasteiger partial charge in [-0.15, -0.1) is 11.8 Å². The Morgan fingerprint density at radius 3 is 1.24 bits per heavy atom. The van der Waals surface area contributed by atoms with Crippen LogP contribution < -0.4 is 10.6 Å². The van der Waals surface area contributed by atoms with E-state index in [1.807, 2.05) is 0 Å². The highest BCUT2D eigenvalue weighted by molar-refractivity contribution is 8.03. The van der Waals surface area contributed by atoms with E-state index in [0.29, 0.717) is 0 Å². The van der Waals surface area contributed by atoms with Crippen molar-refractivity contribution >= 4 is 23.3 Å². The Bertz CT molecular complexity index is 245. The van der Waals surface area contributed by atoms with Crippen molar-refractivity contribution in [2.75, 3.05) is 14.1 Å². The van der Waals surface area contributed by atoms with E-state index in [0.717, 1.165) is 0 Å². The summed E-state index contributed by atoms with van der Waals surface area (Å²) in [4.78, 5) is 21.5. The molecule has 0 bridgehead atoms. The second-order valence-electron chi connectivity index (χ2n) is 3.78. The van der Waals surface area contributed by atoms with Gasteiger partial charge in [0.1, 0.15) is 9.74 Å². The van der Waals surface area contributed by atoms with Crippen LogP contribution in [0.2, 0.25) is 0 Å². The summed E-state index contributed by atoms with van der Waals surface area (Å²) in [7, 11) is 3.43. The Morgan fingerprint density at radius 2 is 1.12 bits per heavy atom. The van der Waals surface area contributed by atoms with Gasteiger partial charge in [-0.25, -0.2) is 0 Å². The number of Topliss-reactive ketones (excluding diaryl/α,β-unsaturated/α-hetero) is 2. The summed E-state index contributed by atoms with van der Waals surface area (Å²) in [5.41, 5.74) is 0. The lowest BCUT2D eigenvalue weighted by Crippen LogP contribution is -2.53. The molecule has 0 aliphatic heterocycles. The van der Waals surface area contributed by atoms with E-state index in [-0.39, 0.29) is 26.4 Å². The minimum absolute atomic E-state index is 0. The fourth-order valence-corrected chi connectivity index (χ4v) is 2.31. The smallest absolute Gasteiger partial charge is 0.159 e. The number of nitrogens with one attached hydrogen (secondary N) is 2. The zero-order valence-corrected chi connectivity index (χ0v) is 11.0. The van der Waals surface area contributed by atoms with Gasteiger partial charge in [-0.1, -0.05) is 14.9 Å². The van der Waals surface area contributed by atoms with E-state index in [2.05, 4.69) is 10.6 Å². The van der Waals surface area contributed by atoms with Crippen LogP contribution in [0.5, 0.6) is 0 Å². The molecule has 0 radical (unpaired) electrons. The lowest BCUT2D eigenvalue weighted by atomic mass is 10.2. The van der Waals surface area contributed by atoms with Gasteiger partial charge < -0.3 is 0 Å². The molecule has 0 spiro atoms. The van der Waals surface area contributed by atoms with Crippen LogP contribution in [0.15, 0.2) is 0 Å². The van der Waals surface area contributed by atoms with Crippen LogP contribution >= 0.6 is 11.8 Å². The quantitative estimate of drug-likeness (QED) is 0.719. The van der Waals surface area contributed by atoms with Crippen molar-refractivity contribution in [3.8, 4) is 0 Å². The topological polar surface area (TPSA) is 58.2 Å². The van der Waals surface area contributed by atoms with Crippen LogP contribution in [0.3, 0.4) is 0 Å². The van der Waals surface area contributed by atoms with Crippen LogP contribution in [0.4, 0.5) is 0 Å². The predicted octanol–water partition coefficient (Wildman–Crippen LogP) is 2.04. The molecule has 4 nitrogen and oxygen atoms in total. The Labute approximate surface area is 110 Å². The van der Waals surface area contributed by atoms with Gasteiger partial charge >= 0.3 is 0 Å². The van der Waals surface area contributed by atoms with Gasteiger partial charge in [-0.3, -0.25) is 20.2 Å². The first-order valence-corrected chi connectivity index (χ1v) is 5.63. The van der Waals surface area contributed by atoms with Gasteiger partial charge in [0.2, 0.25) is 0 Å². The lowest BCUT2D eigenvalue weighted by molar-refractivity contribution is -0.119. The first-order chi connectivity index (χ1) is 6.72. The summed E-state index contributed by atoms with van der Waals surface area (Å²) in [5.74, 6) is -0.00421. The van der Waals surface area contributed by atoms with Crippen molar-refractivity contribution < 1.29 is 9.59 Å². The number of hydrogen-bond donors (Lipinski definition) is 2. The molecule has 0 aliphatic rings. The summed E-state index contributed by atoms with van der Waals surface area (Å²) in [6.45, 7) is 6.58. The summed E-state index contributed by atoms with van der Waals surface area (Å²) >= 11 is 1.29. The molecular weight excluding hydrogens is 236 g/mol. The summed E-state index contributed by atoms with van der Waals surface area (Å²) in [6.07, 6.45) is 0. The molecule has 0 rings (SSSR count). The Kier molecular flexibility index (Phi) is 10.1. The highest BCUT2D eigenvalue weighted by atomic mass is 32.2. The van der Waals surface area contributed by atoms with Crippen molar-refractivity contribution in [3.63, 3.8) is 0 Å². The minimum Gasteiger partial charge on any atom is -0.300 e. The molecule has 104 valence electrons. The number of carbonyl (C=O) groups is 2. The van der Waals surface area contributed by atoms with Gasteiger partial charge in [0.05, 0.1) is 0 Å². The first kappa shape index (κ1) is 21.9. The molecule has 17 heavy (non-hydrogen) atoms. The summed E-state index contributed by atoms with van der Waals surface area (Å²) in [6, 6.07) is 0. The monoisotopic (exact) mass is 264 g/mol. The zero-order valence-electron chi connectivity index (χ0n) is 10.2. The molecule has 2 unspecified atom stereocenters. The molecule has 0 saturated carbocycles. The maximum absolute atomic E-state index is 11.5. The predicted molar refractivity (Wildman–Crippen MR) is 77.3 cm³/mol. The van der Waals surface area contributed by atoms with Crippen molar-refractivity contribution in [2.24, 2.45) is 0 Å². The average molecular weight is 264 g/mol. The van der Waals surface area contributed by atoms with Crippen LogP contribution in [0.25, 0.3) is 0 Å². The minimum atomic E-state index is -0.747. The molecule has 0 amide bonds. The second-order valence-corrected chi connectivity index (χ2v) is 5.62. The molecule has 0 aromatic carbocycles. The fraction of sp³-hybridized carbons (Fsp3) is 0.833. The molecule has 2 N–H and O–H groups in total. The lowest BCUT2D eigenvalue weighted by Gasteiger charge is -2.35. The van der Waals surface area contributed by atoms with E-state index in [4.69, 9.17) is 0 Å². The maximum Gasteiger partial charge on any atom is 0.159 e. The standard InChI is InChI=1S/C10H20N2O2S.2CH4/c1-7(13)9(3,11-5)15-10(4,12-6)8(2)14;;/h11-12H,1-6H3;2*1H4. The number of likely N-dealkylation sites (N-methyl/N-ethyl adjacent to an activating group) is 2. The number of rotatable bonds is 6. The fourth-order valence-electron chi connectivity index (χ4n) is 1.01. The third-order valence-electron chi connectivity index (χ3n) is 2.71. The highest BCUT2D eigenvalue weighted by Crippen LogP contribution is 2.34. The van der Waals surface area contributed by atoms with Crippen LogP contribution in [0.1, 0.15) is 42.5 Å². The van der Waals surface area contributed by atoms with Gasteiger partial charge in [0.25, 0.3) is 0 Å². The van der Waals surface area contributed by atoms with E-state index in [1.165, 1.54) is 25.6 Å². The Morgan fingerprint density at radius 1 is 0.882 bits per heavy atom. The average Bonchev–Trinajstić information content (AvgIpc) is 2.16. The van der Waals surface area contributed by atoms with Crippen LogP contribution in [-0.4, -0.2) is 35.4 Å². The third-order valence-corrected chi connectivity index (χ3v) is 4.51. The zero-order chi connectivity index (χ0) is 12.3. The molecule has 2 atom stereocenters. The van der Waals surface area contributed by atoms with Crippen molar-refractivity contribution in [3.05, 3.63) is 0 Å². The Balaban J connectivity index is -0.000000980. The van der Waals surface area contributed by atoms with Crippen LogP contribution in [0, 0.1) is 0 Å². The van der Waals surface area contributed by atoms with E-state index >= 15 is 0 Å². The molecule has 0 aromatic heterocycles. The van der Waals surface area contributed by atoms with Crippen molar-refractivity contribution in [2.45, 2.75) is 52.3 Å². The number of thioether (sulfide) groups is 1. The summed E-state index contributed by atoms with van der Waals surface area (Å²) < 4.78 is 0. The molecular formula is C12H28N2O2S. The van der Waals surface area contributed by atoms with E-state index in [9.17, 15) is 9.59 Å². The van der Waals surface area contributed by atoms with Gasteiger partial charge in [-0.05, 0) is 41.8 Å². The van der Waals surface area contributed by atoms with E-state index in [1.54, 1.807) is 27.9 Å². The van der Waals surface area contributed by atoms with Gasteiger partial charge in [-0.2, -0.15) is 0 Å². The first-order valence-electron chi connectivity index (χ1n) is 4.82. The van der Waals surface area contributed by atoms with Crippen molar-refractivity contribution in [1.82, 2.24) is 10.6 Å². The second kappa shape index (κ2) is 7.84. The molecule has 0 aliphatic carbocycles. The number of carbonyl (C=O) groups excluding carboxylic acids is 2. The largest absolute Gasteiger partial charge is 0.300 e. The molecule has 0 saturated heterocycles. The third kappa shape index (κ3) is 5.19. The molecule has 0 heterocycles. The van der Waals surface area contributed by atoms with Gasteiger partial charge in [0, 0.05) is 0 Å². The van der Waals surface area contributed by atoms with E-state index < -0.39 is 9.74 Å². The summed E-state index contributed by atoms with van der Waals surface area (Å²) in [5, 5.41) is 5.89. The number of hydrogen-bond acceptors (Lipinski definition) is 5. The van der Waals surface area contributed by atoms with Gasteiger partial charge in [0.15, 0.2) is 11.6 Å². The van der Waals surface area contributed by atoms with Crippen molar-refractivity contribution in [1.29, 1.82) is 0 Å².